The fraction of sp³-hybridized carbons (Fsp3) is 0.176. The van der Waals surface area contributed by atoms with Gasteiger partial charge in [-0.15, -0.1) is 0 Å². The van der Waals surface area contributed by atoms with Crippen LogP contribution < -0.4 is 0 Å². The fourth-order valence-electron chi connectivity index (χ4n) is 2.38. The number of fused-ring (bicyclic) bond motifs is 1. The third kappa shape index (κ3) is 2.55. The number of aromatic amines is 1. The van der Waals surface area contributed by atoms with Crippen molar-refractivity contribution in [3.63, 3.8) is 0 Å². The van der Waals surface area contributed by atoms with E-state index in [-0.39, 0.29) is 0 Å². The zero-order valence-electron chi connectivity index (χ0n) is 11.4. The van der Waals surface area contributed by atoms with E-state index >= 15 is 0 Å². The predicted molar refractivity (Wildman–Crippen MR) is 79.4 cm³/mol. The minimum absolute atomic E-state index is 0.659. The number of benzene rings is 2. The van der Waals surface area contributed by atoms with Gasteiger partial charge in [0, 0.05) is 6.42 Å². The van der Waals surface area contributed by atoms with Gasteiger partial charge in [-0.25, -0.2) is 4.98 Å². The maximum absolute atomic E-state index is 8.90. The second-order valence-electron chi connectivity index (χ2n) is 5.02. The van der Waals surface area contributed by atoms with Gasteiger partial charge >= 0.3 is 0 Å². The molecule has 0 aliphatic heterocycles. The first-order valence-electron chi connectivity index (χ1n) is 6.69. The van der Waals surface area contributed by atoms with Crippen molar-refractivity contribution in [2.24, 2.45) is 0 Å². The van der Waals surface area contributed by atoms with Crippen LogP contribution in [0.15, 0.2) is 42.5 Å². The molecule has 3 nitrogen and oxygen atoms in total. The lowest BCUT2D eigenvalue weighted by Crippen LogP contribution is -1.93. The van der Waals surface area contributed by atoms with Crippen LogP contribution in [-0.2, 0) is 12.8 Å². The summed E-state index contributed by atoms with van der Waals surface area (Å²) in [7, 11) is 0. The van der Waals surface area contributed by atoms with Crippen molar-refractivity contribution in [3.05, 3.63) is 65.0 Å². The number of nitrogens with one attached hydrogen (secondary N) is 1. The summed E-state index contributed by atoms with van der Waals surface area (Å²) < 4.78 is 0. The maximum atomic E-state index is 8.90. The molecule has 0 radical (unpaired) electrons. The predicted octanol–water partition coefficient (Wildman–Crippen LogP) is 3.53. The lowest BCUT2D eigenvalue weighted by molar-refractivity contribution is 0.889. The van der Waals surface area contributed by atoms with Crippen molar-refractivity contribution in [1.29, 1.82) is 5.26 Å². The van der Waals surface area contributed by atoms with Crippen molar-refractivity contribution >= 4 is 11.0 Å². The van der Waals surface area contributed by atoms with Gasteiger partial charge in [0.25, 0.3) is 0 Å². The molecule has 0 unspecified atom stereocenters. The summed E-state index contributed by atoms with van der Waals surface area (Å²) in [6.07, 6.45) is 1.84. The van der Waals surface area contributed by atoms with Crippen molar-refractivity contribution in [3.8, 4) is 6.07 Å². The van der Waals surface area contributed by atoms with Crippen LogP contribution in [0.5, 0.6) is 0 Å². The van der Waals surface area contributed by atoms with E-state index in [1.54, 1.807) is 6.07 Å². The third-order valence-electron chi connectivity index (χ3n) is 3.39. The van der Waals surface area contributed by atoms with E-state index in [0.717, 1.165) is 29.7 Å². The molecule has 3 aromatic rings. The Balaban J connectivity index is 1.79. The number of aromatic nitrogens is 2. The number of nitriles is 1. The Bertz CT molecular complexity index is 793. The van der Waals surface area contributed by atoms with Crippen LogP contribution in [0.3, 0.4) is 0 Å². The van der Waals surface area contributed by atoms with E-state index in [0.29, 0.717) is 5.56 Å². The van der Waals surface area contributed by atoms with E-state index < -0.39 is 0 Å². The Labute approximate surface area is 117 Å². The number of nitrogens with zero attached hydrogens (tertiary/aromatic N) is 2. The van der Waals surface area contributed by atoms with Crippen LogP contribution >= 0.6 is 0 Å². The Morgan fingerprint density at radius 3 is 2.85 bits per heavy atom. The average molecular weight is 261 g/mol. The van der Waals surface area contributed by atoms with Gasteiger partial charge in [0.1, 0.15) is 5.82 Å². The normalized spacial score (nSPS) is 10.6. The molecule has 1 aromatic heterocycles. The summed E-state index contributed by atoms with van der Waals surface area (Å²) in [6.45, 7) is 2.11. The average Bonchev–Trinajstić information content (AvgIpc) is 2.87. The number of imidazole rings is 1. The standard InChI is InChI=1S/C17H15N3/c1-12-3-2-4-13(9-12)6-8-17-19-15-7-5-14(11-18)10-16(15)20-17/h2-5,7,9-10H,6,8H2,1H3,(H,19,20). The lowest BCUT2D eigenvalue weighted by atomic mass is 10.1. The van der Waals surface area contributed by atoms with E-state index in [4.69, 9.17) is 5.26 Å². The quantitative estimate of drug-likeness (QED) is 0.784. The molecule has 0 aliphatic carbocycles. The van der Waals surface area contributed by atoms with Crippen LogP contribution in [0.25, 0.3) is 11.0 Å². The van der Waals surface area contributed by atoms with Crippen LogP contribution in [-0.4, -0.2) is 9.97 Å². The Kier molecular flexibility index (Phi) is 3.22. The molecule has 0 saturated heterocycles. The number of H-pyrrole nitrogens is 1. The molecule has 0 saturated carbocycles. The molecule has 0 fully saturated rings. The molecule has 0 atom stereocenters. The summed E-state index contributed by atoms with van der Waals surface area (Å²) in [4.78, 5) is 7.85. The molecule has 0 spiro atoms. The Morgan fingerprint density at radius 1 is 1.15 bits per heavy atom. The number of aryl methyl sites for hydroxylation is 3. The fourth-order valence-corrected chi connectivity index (χ4v) is 2.38. The number of hydrogen-bond acceptors (Lipinski definition) is 2. The van der Waals surface area contributed by atoms with E-state index in [1.807, 2.05) is 12.1 Å². The maximum Gasteiger partial charge on any atom is 0.107 e. The monoisotopic (exact) mass is 261 g/mol. The van der Waals surface area contributed by atoms with Crippen molar-refractivity contribution in [1.82, 2.24) is 9.97 Å². The molecular weight excluding hydrogens is 246 g/mol. The molecule has 2 aromatic carbocycles. The zero-order valence-corrected chi connectivity index (χ0v) is 11.4. The van der Waals surface area contributed by atoms with Gasteiger partial charge in [-0.3, -0.25) is 0 Å². The van der Waals surface area contributed by atoms with Crippen LogP contribution in [0.4, 0.5) is 0 Å². The molecule has 20 heavy (non-hydrogen) atoms. The van der Waals surface area contributed by atoms with E-state index in [1.165, 1.54) is 11.1 Å². The van der Waals surface area contributed by atoms with Crippen molar-refractivity contribution in [2.45, 2.75) is 19.8 Å². The van der Waals surface area contributed by atoms with Gasteiger partial charge in [0.2, 0.25) is 0 Å². The first kappa shape index (κ1) is 12.4. The highest BCUT2D eigenvalue weighted by molar-refractivity contribution is 5.76. The smallest absolute Gasteiger partial charge is 0.107 e. The summed E-state index contributed by atoms with van der Waals surface area (Å²) in [6, 6.07) is 16.2. The molecule has 0 amide bonds. The lowest BCUT2D eigenvalue weighted by Gasteiger charge is -2.00. The minimum atomic E-state index is 0.659. The summed E-state index contributed by atoms with van der Waals surface area (Å²) >= 11 is 0. The van der Waals surface area contributed by atoms with Gasteiger partial charge in [-0.05, 0) is 37.1 Å². The van der Waals surface area contributed by atoms with Gasteiger partial charge < -0.3 is 4.98 Å². The zero-order chi connectivity index (χ0) is 13.9. The molecule has 98 valence electrons. The Hall–Kier alpha value is -2.60. The van der Waals surface area contributed by atoms with Gasteiger partial charge in [0.15, 0.2) is 0 Å². The first-order valence-corrected chi connectivity index (χ1v) is 6.69. The number of rotatable bonds is 3. The SMILES string of the molecule is Cc1cccc(CCc2nc3ccc(C#N)cc3[nH]2)c1. The molecule has 1 heterocycles. The summed E-state index contributed by atoms with van der Waals surface area (Å²) in [5.41, 5.74) is 5.12. The molecule has 1 N–H and O–H groups in total. The Morgan fingerprint density at radius 2 is 2.05 bits per heavy atom. The second-order valence-corrected chi connectivity index (χ2v) is 5.02. The van der Waals surface area contributed by atoms with E-state index in [2.05, 4.69) is 47.2 Å². The highest BCUT2D eigenvalue weighted by Crippen LogP contribution is 2.15. The second kappa shape index (κ2) is 5.18. The minimum Gasteiger partial charge on any atom is -0.342 e. The summed E-state index contributed by atoms with van der Waals surface area (Å²) in [5.74, 6) is 0.969. The molecular formula is C17H15N3. The van der Waals surface area contributed by atoms with E-state index in [9.17, 15) is 0 Å². The largest absolute Gasteiger partial charge is 0.342 e. The first-order chi connectivity index (χ1) is 9.74. The molecule has 3 rings (SSSR count). The van der Waals surface area contributed by atoms with Crippen molar-refractivity contribution in [2.75, 3.05) is 0 Å². The topological polar surface area (TPSA) is 52.5 Å². The van der Waals surface area contributed by atoms with Crippen LogP contribution in [0, 0.1) is 18.3 Å². The molecule has 3 heteroatoms. The van der Waals surface area contributed by atoms with Gasteiger partial charge in [0.05, 0.1) is 22.7 Å². The highest BCUT2D eigenvalue weighted by atomic mass is 14.9. The summed E-state index contributed by atoms with van der Waals surface area (Å²) in [5, 5.41) is 8.90. The van der Waals surface area contributed by atoms with Crippen LogP contribution in [0.2, 0.25) is 0 Å². The van der Waals surface area contributed by atoms with Crippen LogP contribution in [0.1, 0.15) is 22.5 Å². The molecule has 0 bridgehead atoms. The number of hydrogen-bond donors (Lipinski definition) is 1. The van der Waals surface area contributed by atoms with Gasteiger partial charge in [-0.2, -0.15) is 5.26 Å². The van der Waals surface area contributed by atoms with Crippen molar-refractivity contribution < 1.29 is 0 Å². The molecule has 0 aliphatic rings. The van der Waals surface area contributed by atoms with Gasteiger partial charge in [-0.1, -0.05) is 29.8 Å². The third-order valence-corrected chi connectivity index (χ3v) is 3.39. The highest BCUT2D eigenvalue weighted by Gasteiger charge is 2.04.